The Bertz CT molecular complexity index is 584. The summed E-state index contributed by atoms with van der Waals surface area (Å²) < 4.78 is 32.7. The maximum absolute atomic E-state index is 13.8. The normalized spacial score (nSPS) is 18.4. The molecule has 0 saturated heterocycles. The lowest BCUT2D eigenvalue weighted by Gasteiger charge is -2.37. The van der Waals surface area contributed by atoms with Crippen molar-refractivity contribution in [2.75, 3.05) is 4.90 Å². The molecule has 1 heterocycles. The second-order valence-corrected chi connectivity index (χ2v) is 7.03. The lowest BCUT2D eigenvalue weighted by molar-refractivity contribution is 0.0563. The number of hydrogen-bond donors (Lipinski definition) is 0. The highest BCUT2D eigenvalue weighted by atomic mass is 79.9. The topological polar surface area (TPSA) is 29.5 Å². The summed E-state index contributed by atoms with van der Waals surface area (Å²) in [6.07, 6.45) is 0.706. The number of halogens is 3. The molecule has 0 radical (unpaired) electrons. The SMILES string of the molecule is CC1CCc2cc(F)c(F)c(Br)c2N1C(=O)OC(C)(C)C. The van der Waals surface area contributed by atoms with E-state index in [2.05, 4.69) is 15.9 Å². The third kappa shape index (κ3) is 3.20. The summed E-state index contributed by atoms with van der Waals surface area (Å²) in [7, 11) is 0. The molecule has 1 aliphatic heterocycles. The molecule has 0 fully saturated rings. The number of carbonyl (C=O) groups excluding carboxylic acids is 1. The van der Waals surface area contributed by atoms with Gasteiger partial charge in [0.15, 0.2) is 11.6 Å². The molecule has 0 spiro atoms. The van der Waals surface area contributed by atoms with E-state index >= 15 is 0 Å². The van der Waals surface area contributed by atoms with Crippen LogP contribution in [-0.2, 0) is 11.2 Å². The number of benzene rings is 1. The first-order chi connectivity index (χ1) is 9.61. The second kappa shape index (κ2) is 5.55. The lowest BCUT2D eigenvalue weighted by Crippen LogP contribution is -2.45. The minimum Gasteiger partial charge on any atom is -0.443 e. The second-order valence-electron chi connectivity index (χ2n) is 6.23. The molecule has 1 amide bonds. The van der Waals surface area contributed by atoms with Gasteiger partial charge < -0.3 is 4.74 Å². The average Bonchev–Trinajstić information content (AvgIpc) is 2.34. The Hall–Kier alpha value is -1.17. The van der Waals surface area contributed by atoms with Gasteiger partial charge in [0, 0.05) is 6.04 Å². The van der Waals surface area contributed by atoms with Crippen molar-refractivity contribution in [3.05, 3.63) is 27.7 Å². The first kappa shape index (κ1) is 16.2. The minimum atomic E-state index is -0.989. The summed E-state index contributed by atoms with van der Waals surface area (Å²) in [4.78, 5) is 13.8. The van der Waals surface area contributed by atoms with Crippen LogP contribution in [0.15, 0.2) is 10.5 Å². The van der Waals surface area contributed by atoms with Crippen LogP contribution in [0.3, 0.4) is 0 Å². The summed E-state index contributed by atoms with van der Waals surface area (Å²) in [5.41, 5.74) is 0.311. The summed E-state index contributed by atoms with van der Waals surface area (Å²) in [5, 5.41) is 0. The fraction of sp³-hybridized carbons (Fsp3) is 0.533. The zero-order valence-electron chi connectivity index (χ0n) is 12.5. The number of nitrogens with zero attached hydrogens (tertiary/aromatic N) is 1. The zero-order chi connectivity index (χ0) is 15.9. The number of rotatable bonds is 0. The quantitative estimate of drug-likeness (QED) is 0.621. The molecule has 1 aromatic carbocycles. The third-order valence-electron chi connectivity index (χ3n) is 3.32. The molecule has 0 aromatic heterocycles. The molecular formula is C15H18BrF2NO2. The van der Waals surface area contributed by atoms with Crippen molar-refractivity contribution in [2.24, 2.45) is 0 Å². The van der Waals surface area contributed by atoms with Crippen molar-refractivity contribution in [1.29, 1.82) is 0 Å². The van der Waals surface area contributed by atoms with Gasteiger partial charge in [-0.3, -0.25) is 4.90 Å². The predicted octanol–water partition coefficient (Wildman–Crippen LogP) is 4.80. The van der Waals surface area contributed by atoms with Crippen LogP contribution in [-0.4, -0.2) is 17.7 Å². The van der Waals surface area contributed by atoms with Gasteiger partial charge in [0.25, 0.3) is 0 Å². The molecule has 116 valence electrons. The van der Waals surface area contributed by atoms with Gasteiger partial charge >= 0.3 is 6.09 Å². The van der Waals surface area contributed by atoms with Gasteiger partial charge in [-0.25, -0.2) is 13.6 Å². The van der Waals surface area contributed by atoms with Gasteiger partial charge in [-0.15, -0.1) is 0 Å². The molecular weight excluding hydrogens is 344 g/mol. The highest BCUT2D eigenvalue weighted by Gasteiger charge is 2.35. The van der Waals surface area contributed by atoms with E-state index in [1.54, 1.807) is 20.8 Å². The Morgan fingerprint density at radius 3 is 2.62 bits per heavy atom. The smallest absolute Gasteiger partial charge is 0.415 e. The van der Waals surface area contributed by atoms with E-state index in [0.29, 0.717) is 24.1 Å². The van der Waals surface area contributed by atoms with Gasteiger partial charge in [-0.05, 0) is 68.1 Å². The van der Waals surface area contributed by atoms with Crippen LogP contribution in [0.5, 0.6) is 0 Å². The largest absolute Gasteiger partial charge is 0.443 e. The van der Waals surface area contributed by atoms with Crippen LogP contribution >= 0.6 is 15.9 Å². The van der Waals surface area contributed by atoms with Crippen LogP contribution in [0.1, 0.15) is 39.7 Å². The van der Waals surface area contributed by atoms with E-state index < -0.39 is 23.3 Å². The Kier molecular flexibility index (Phi) is 4.29. The summed E-state index contributed by atoms with van der Waals surface area (Å²) in [6.45, 7) is 7.16. The average molecular weight is 362 g/mol. The van der Waals surface area contributed by atoms with Crippen molar-refractivity contribution >= 4 is 27.7 Å². The van der Waals surface area contributed by atoms with Crippen molar-refractivity contribution < 1.29 is 18.3 Å². The molecule has 1 aromatic rings. The van der Waals surface area contributed by atoms with E-state index in [1.165, 1.54) is 4.90 Å². The van der Waals surface area contributed by atoms with Gasteiger partial charge in [-0.2, -0.15) is 0 Å². The summed E-state index contributed by atoms with van der Waals surface area (Å²) in [5.74, 6) is -1.91. The van der Waals surface area contributed by atoms with Gasteiger partial charge in [0.1, 0.15) is 5.60 Å². The zero-order valence-corrected chi connectivity index (χ0v) is 14.1. The van der Waals surface area contributed by atoms with Crippen molar-refractivity contribution in [2.45, 2.75) is 52.2 Å². The molecule has 1 unspecified atom stereocenters. The monoisotopic (exact) mass is 361 g/mol. The predicted molar refractivity (Wildman–Crippen MR) is 80.6 cm³/mol. The first-order valence-corrected chi connectivity index (χ1v) is 7.59. The Balaban J connectivity index is 2.50. The van der Waals surface area contributed by atoms with Gasteiger partial charge in [-0.1, -0.05) is 0 Å². The maximum Gasteiger partial charge on any atom is 0.415 e. The number of fused-ring (bicyclic) bond motifs is 1. The van der Waals surface area contributed by atoms with Crippen molar-refractivity contribution in [3.63, 3.8) is 0 Å². The number of amides is 1. The van der Waals surface area contributed by atoms with Gasteiger partial charge in [0.2, 0.25) is 0 Å². The van der Waals surface area contributed by atoms with E-state index in [1.807, 2.05) is 6.92 Å². The standard InChI is InChI=1S/C15H18BrF2NO2/c1-8-5-6-9-7-10(17)12(18)11(16)13(9)19(8)14(20)21-15(2,3)4/h7-8H,5-6H2,1-4H3. The summed E-state index contributed by atoms with van der Waals surface area (Å²) in [6, 6.07) is 1.01. The van der Waals surface area contributed by atoms with Crippen molar-refractivity contribution in [1.82, 2.24) is 0 Å². The van der Waals surface area contributed by atoms with E-state index in [0.717, 1.165) is 6.07 Å². The number of carbonyl (C=O) groups is 1. The molecule has 0 bridgehead atoms. The van der Waals surface area contributed by atoms with Crippen LogP contribution < -0.4 is 4.90 Å². The molecule has 1 aliphatic rings. The Labute approximate surface area is 131 Å². The number of ether oxygens (including phenoxy) is 1. The highest BCUT2D eigenvalue weighted by molar-refractivity contribution is 9.10. The molecule has 3 nitrogen and oxygen atoms in total. The van der Waals surface area contributed by atoms with Crippen LogP contribution in [0.2, 0.25) is 0 Å². The number of anilines is 1. The Morgan fingerprint density at radius 2 is 2.05 bits per heavy atom. The van der Waals surface area contributed by atoms with Gasteiger partial charge in [0.05, 0.1) is 10.2 Å². The van der Waals surface area contributed by atoms with Crippen LogP contribution in [0.25, 0.3) is 0 Å². The van der Waals surface area contributed by atoms with Crippen LogP contribution in [0, 0.1) is 11.6 Å². The van der Waals surface area contributed by atoms with Crippen molar-refractivity contribution in [3.8, 4) is 0 Å². The van der Waals surface area contributed by atoms with Crippen LogP contribution in [0.4, 0.5) is 19.3 Å². The Morgan fingerprint density at radius 1 is 1.43 bits per heavy atom. The highest BCUT2D eigenvalue weighted by Crippen LogP contribution is 2.40. The molecule has 21 heavy (non-hydrogen) atoms. The maximum atomic E-state index is 13.8. The van der Waals surface area contributed by atoms with E-state index in [9.17, 15) is 13.6 Å². The fourth-order valence-electron chi connectivity index (χ4n) is 2.38. The molecule has 0 N–H and O–H groups in total. The molecule has 0 aliphatic carbocycles. The summed E-state index contributed by atoms with van der Waals surface area (Å²) >= 11 is 3.07. The van der Waals surface area contributed by atoms with E-state index in [-0.39, 0.29) is 10.5 Å². The third-order valence-corrected chi connectivity index (χ3v) is 4.04. The fourth-order valence-corrected chi connectivity index (χ4v) is 3.02. The number of aryl methyl sites for hydroxylation is 1. The molecule has 1 atom stereocenters. The first-order valence-electron chi connectivity index (χ1n) is 6.80. The number of hydrogen-bond acceptors (Lipinski definition) is 2. The minimum absolute atomic E-state index is 0.0325. The molecule has 2 rings (SSSR count). The molecule has 0 saturated carbocycles. The lowest BCUT2D eigenvalue weighted by atomic mass is 9.96. The van der Waals surface area contributed by atoms with E-state index in [4.69, 9.17) is 4.74 Å². The molecule has 6 heteroatoms.